The summed E-state index contributed by atoms with van der Waals surface area (Å²) in [5.74, 6) is 0.127. The van der Waals surface area contributed by atoms with Crippen molar-refractivity contribution in [3.8, 4) is 0 Å². The van der Waals surface area contributed by atoms with Gasteiger partial charge in [-0.3, -0.25) is 4.79 Å². The highest BCUT2D eigenvalue weighted by atomic mass is 16.2. The van der Waals surface area contributed by atoms with Crippen LogP contribution in [-0.4, -0.2) is 29.9 Å². The predicted molar refractivity (Wildman–Crippen MR) is 64.5 cm³/mol. The van der Waals surface area contributed by atoms with E-state index in [-0.39, 0.29) is 11.9 Å². The van der Waals surface area contributed by atoms with Gasteiger partial charge in [0.15, 0.2) is 0 Å². The molecule has 3 heteroatoms. The Bertz CT molecular complexity index is 220. The summed E-state index contributed by atoms with van der Waals surface area (Å²) < 4.78 is 0. The monoisotopic (exact) mass is 212 g/mol. The highest BCUT2D eigenvalue weighted by Gasteiger charge is 2.34. The lowest BCUT2D eigenvalue weighted by Gasteiger charge is -2.35. The van der Waals surface area contributed by atoms with E-state index < -0.39 is 5.41 Å². The van der Waals surface area contributed by atoms with Crippen LogP contribution in [0.15, 0.2) is 12.7 Å². The van der Waals surface area contributed by atoms with Crippen molar-refractivity contribution in [3.63, 3.8) is 0 Å². The molecule has 0 radical (unpaired) electrons. The Morgan fingerprint density at radius 2 is 2.13 bits per heavy atom. The number of amides is 1. The number of nitrogens with zero attached hydrogens (tertiary/aromatic N) is 1. The third kappa shape index (κ3) is 3.34. The summed E-state index contributed by atoms with van der Waals surface area (Å²) in [6.45, 7) is 12.6. The van der Waals surface area contributed by atoms with E-state index in [2.05, 4.69) is 6.58 Å². The maximum absolute atomic E-state index is 12.3. The first-order valence-corrected chi connectivity index (χ1v) is 5.55. The second kappa shape index (κ2) is 5.91. The average molecular weight is 212 g/mol. The van der Waals surface area contributed by atoms with Crippen LogP contribution in [0.25, 0.3) is 0 Å². The van der Waals surface area contributed by atoms with E-state index in [4.69, 9.17) is 5.73 Å². The molecule has 2 N–H and O–H groups in total. The number of carbonyl (C=O) groups excluding carboxylic acids is 1. The van der Waals surface area contributed by atoms with E-state index >= 15 is 0 Å². The Balaban J connectivity index is 4.83. The molecule has 0 spiro atoms. The molecule has 1 unspecified atom stereocenters. The van der Waals surface area contributed by atoms with Crippen molar-refractivity contribution in [3.05, 3.63) is 12.7 Å². The van der Waals surface area contributed by atoms with Gasteiger partial charge in [-0.15, -0.1) is 6.58 Å². The zero-order valence-electron chi connectivity index (χ0n) is 10.4. The van der Waals surface area contributed by atoms with E-state index in [1.165, 1.54) is 0 Å². The Hall–Kier alpha value is -0.830. The summed E-state index contributed by atoms with van der Waals surface area (Å²) in [5.41, 5.74) is 5.24. The van der Waals surface area contributed by atoms with E-state index in [1.807, 2.05) is 32.6 Å². The fourth-order valence-electron chi connectivity index (χ4n) is 1.40. The van der Waals surface area contributed by atoms with Crippen LogP contribution >= 0.6 is 0 Å². The fourth-order valence-corrected chi connectivity index (χ4v) is 1.40. The summed E-state index contributed by atoms with van der Waals surface area (Å²) in [7, 11) is 0. The van der Waals surface area contributed by atoms with Crippen molar-refractivity contribution in [2.45, 2.75) is 40.2 Å². The summed E-state index contributed by atoms with van der Waals surface area (Å²) in [6, 6.07) is 0.188. The van der Waals surface area contributed by atoms with Gasteiger partial charge in [-0.1, -0.05) is 13.0 Å². The lowest BCUT2D eigenvalue weighted by molar-refractivity contribution is -0.142. The highest BCUT2D eigenvalue weighted by Crippen LogP contribution is 2.23. The summed E-state index contributed by atoms with van der Waals surface area (Å²) >= 11 is 0. The first kappa shape index (κ1) is 14.2. The first-order valence-electron chi connectivity index (χ1n) is 5.55. The average Bonchev–Trinajstić information content (AvgIpc) is 2.23. The highest BCUT2D eigenvalue weighted by molar-refractivity contribution is 5.83. The second-order valence-corrected chi connectivity index (χ2v) is 4.46. The fraction of sp³-hybridized carbons (Fsp3) is 0.750. The zero-order valence-corrected chi connectivity index (χ0v) is 10.4. The molecule has 1 atom stereocenters. The number of hydrogen-bond acceptors (Lipinski definition) is 2. The number of carbonyl (C=O) groups is 1. The summed E-state index contributed by atoms with van der Waals surface area (Å²) in [5, 5.41) is 0. The van der Waals surface area contributed by atoms with Gasteiger partial charge in [0.2, 0.25) is 5.91 Å². The molecule has 0 bridgehead atoms. The quantitative estimate of drug-likeness (QED) is 0.682. The smallest absolute Gasteiger partial charge is 0.230 e. The Morgan fingerprint density at radius 1 is 1.60 bits per heavy atom. The zero-order chi connectivity index (χ0) is 12.1. The molecule has 0 aromatic heterocycles. The van der Waals surface area contributed by atoms with Gasteiger partial charge in [0.25, 0.3) is 0 Å². The van der Waals surface area contributed by atoms with Gasteiger partial charge in [0, 0.05) is 19.1 Å². The molecule has 0 aliphatic heterocycles. The van der Waals surface area contributed by atoms with E-state index in [1.54, 1.807) is 6.08 Å². The Kier molecular flexibility index (Phi) is 5.58. The van der Waals surface area contributed by atoms with Crippen molar-refractivity contribution in [2.75, 3.05) is 13.1 Å². The molecule has 0 aliphatic carbocycles. The maximum Gasteiger partial charge on any atom is 0.230 e. The summed E-state index contributed by atoms with van der Waals surface area (Å²) in [6.07, 6.45) is 2.52. The normalized spacial score (nSPS) is 14.8. The SMILES string of the molecule is C=CCN(C(=O)C(C)(CC)CN)C(C)C. The molecule has 15 heavy (non-hydrogen) atoms. The van der Waals surface area contributed by atoms with Crippen molar-refractivity contribution >= 4 is 5.91 Å². The van der Waals surface area contributed by atoms with Gasteiger partial charge < -0.3 is 10.6 Å². The van der Waals surface area contributed by atoms with Gasteiger partial charge >= 0.3 is 0 Å². The molecule has 0 saturated heterocycles. The standard InChI is InChI=1S/C12H24N2O/c1-6-8-14(10(3)4)11(15)12(5,7-2)9-13/h6,10H,1,7-9,13H2,2-5H3. The largest absolute Gasteiger partial charge is 0.336 e. The molecular formula is C12H24N2O. The molecule has 88 valence electrons. The van der Waals surface area contributed by atoms with Crippen molar-refractivity contribution < 1.29 is 4.79 Å². The molecule has 0 rings (SSSR count). The molecule has 1 amide bonds. The van der Waals surface area contributed by atoms with Crippen molar-refractivity contribution in [1.29, 1.82) is 0 Å². The topological polar surface area (TPSA) is 46.3 Å². The number of nitrogens with two attached hydrogens (primary N) is 1. The van der Waals surface area contributed by atoms with Crippen molar-refractivity contribution in [2.24, 2.45) is 11.1 Å². The van der Waals surface area contributed by atoms with E-state index in [9.17, 15) is 4.79 Å². The molecule has 0 heterocycles. The third-order valence-electron chi connectivity index (χ3n) is 2.96. The molecule has 0 aliphatic rings. The Labute approximate surface area is 93.3 Å². The van der Waals surface area contributed by atoms with Crippen LogP contribution in [0.1, 0.15) is 34.1 Å². The van der Waals surface area contributed by atoms with Gasteiger partial charge in [0.1, 0.15) is 0 Å². The lowest BCUT2D eigenvalue weighted by Crippen LogP contribution is -2.48. The third-order valence-corrected chi connectivity index (χ3v) is 2.96. The predicted octanol–water partition coefficient (Wildman–Crippen LogP) is 1.78. The van der Waals surface area contributed by atoms with Crippen LogP contribution in [-0.2, 0) is 4.79 Å². The van der Waals surface area contributed by atoms with Crippen LogP contribution in [0.5, 0.6) is 0 Å². The van der Waals surface area contributed by atoms with Gasteiger partial charge in [0.05, 0.1) is 5.41 Å². The van der Waals surface area contributed by atoms with Crippen molar-refractivity contribution in [1.82, 2.24) is 4.90 Å². The molecular weight excluding hydrogens is 188 g/mol. The lowest BCUT2D eigenvalue weighted by atomic mass is 9.85. The Morgan fingerprint density at radius 3 is 2.40 bits per heavy atom. The number of hydrogen-bond donors (Lipinski definition) is 1. The maximum atomic E-state index is 12.3. The minimum atomic E-state index is -0.437. The molecule has 0 fully saturated rings. The molecule has 0 saturated carbocycles. The van der Waals surface area contributed by atoms with Gasteiger partial charge in [-0.2, -0.15) is 0 Å². The van der Waals surface area contributed by atoms with Crippen LogP contribution in [0, 0.1) is 5.41 Å². The van der Waals surface area contributed by atoms with E-state index in [0.29, 0.717) is 13.1 Å². The van der Waals surface area contributed by atoms with E-state index in [0.717, 1.165) is 6.42 Å². The van der Waals surface area contributed by atoms with Gasteiger partial charge in [-0.05, 0) is 27.2 Å². The van der Waals surface area contributed by atoms with Crippen LogP contribution < -0.4 is 5.73 Å². The molecule has 0 aromatic carbocycles. The molecule has 0 aromatic rings. The minimum absolute atomic E-state index is 0.127. The number of rotatable bonds is 6. The summed E-state index contributed by atoms with van der Waals surface area (Å²) in [4.78, 5) is 14.1. The second-order valence-electron chi connectivity index (χ2n) is 4.46. The van der Waals surface area contributed by atoms with Crippen LogP contribution in [0.4, 0.5) is 0 Å². The van der Waals surface area contributed by atoms with Crippen LogP contribution in [0.3, 0.4) is 0 Å². The van der Waals surface area contributed by atoms with Crippen LogP contribution in [0.2, 0.25) is 0 Å². The first-order chi connectivity index (χ1) is 6.92. The van der Waals surface area contributed by atoms with Gasteiger partial charge in [-0.25, -0.2) is 0 Å². The molecule has 3 nitrogen and oxygen atoms in total. The minimum Gasteiger partial charge on any atom is -0.336 e.